The Morgan fingerprint density at radius 1 is 0.514 bits per heavy atom. The molecule has 0 radical (unpaired) electrons. The number of rotatable bonds is 25. The second-order valence-corrected chi connectivity index (χ2v) is 11.4. The number of hydrogen-bond donors (Lipinski definition) is 0. The van der Waals surface area contributed by atoms with Gasteiger partial charge in [0, 0.05) is 6.42 Å². The number of nitrogens with zero attached hydrogens (tertiary/aromatic N) is 2. The Hall–Kier alpha value is -1.57. The van der Waals surface area contributed by atoms with Crippen molar-refractivity contribution in [3.8, 4) is 5.69 Å². The van der Waals surface area contributed by atoms with Crippen LogP contribution in [0.1, 0.15) is 161 Å². The molecule has 2 aromatic rings. The Morgan fingerprint density at radius 3 is 1.43 bits per heavy atom. The van der Waals surface area contributed by atoms with Crippen LogP contribution in [-0.4, -0.2) is 4.57 Å². The Kier molecular flexibility index (Phi) is 19.2. The van der Waals surface area contributed by atoms with Gasteiger partial charge in [-0.1, -0.05) is 154 Å². The van der Waals surface area contributed by atoms with Crippen molar-refractivity contribution >= 4 is 0 Å². The fourth-order valence-electron chi connectivity index (χ4n) is 5.64. The number of imidazole rings is 1. The molecule has 0 spiro atoms. The number of benzene rings is 1. The maximum absolute atomic E-state index is 2.55. The highest BCUT2D eigenvalue weighted by atomic mass is 15.1. The van der Waals surface area contributed by atoms with E-state index in [0.717, 1.165) is 0 Å². The van der Waals surface area contributed by atoms with Crippen molar-refractivity contribution in [2.75, 3.05) is 0 Å². The summed E-state index contributed by atoms with van der Waals surface area (Å²) in [5.74, 6) is 1.49. The van der Waals surface area contributed by atoms with Gasteiger partial charge in [0.1, 0.15) is 18.1 Å². The number of aryl methyl sites for hydroxylation is 1. The fraction of sp³-hybridized carbons (Fsp3) is 0.743. The fourth-order valence-corrected chi connectivity index (χ4v) is 5.64. The van der Waals surface area contributed by atoms with Gasteiger partial charge < -0.3 is 0 Å². The van der Waals surface area contributed by atoms with E-state index in [0.29, 0.717) is 0 Å². The second-order valence-electron chi connectivity index (χ2n) is 11.4. The highest BCUT2D eigenvalue weighted by molar-refractivity contribution is 5.31. The molecule has 0 saturated carbocycles. The third-order valence-corrected chi connectivity index (χ3v) is 8.05. The molecule has 0 amide bonds. The molecule has 0 atom stereocenters. The van der Waals surface area contributed by atoms with Crippen molar-refractivity contribution in [3.05, 3.63) is 48.5 Å². The molecule has 0 aliphatic carbocycles. The van der Waals surface area contributed by atoms with Gasteiger partial charge in [0.05, 0.1) is 6.54 Å². The Morgan fingerprint density at radius 2 is 0.946 bits per heavy atom. The predicted octanol–water partition coefficient (Wildman–Crippen LogP) is 10.9. The van der Waals surface area contributed by atoms with Crippen LogP contribution in [0.4, 0.5) is 0 Å². The standard InChI is InChI=1S/C35H61N2/c1-3-5-7-9-11-13-15-16-17-19-21-26-30-35-36(32-33-37(35)34-28-24-23-25-29-34)31-27-22-20-18-14-12-10-8-6-4-2/h23-25,28-29,32-33H,3-22,26-27,30-31H2,1-2H3/q+1. The van der Waals surface area contributed by atoms with Gasteiger partial charge >= 0.3 is 0 Å². The van der Waals surface area contributed by atoms with Crippen LogP contribution in [0, 0.1) is 0 Å². The summed E-state index contributed by atoms with van der Waals surface area (Å²) in [7, 11) is 0. The Labute approximate surface area is 231 Å². The van der Waals surface area contributed by atoms with Crippen LogP contribution in [-0.2, 0) is 13.0 Å². The summed E-state index contributed by atoms with van der Waals surface area (Å²) in [6, 6.07) is 10.9. The number of para-hydroxylation sites is 1. The van der Waals surface area contributed by atoms with Crippen molar-refractivity contribution in [2.45, 2.75) is 168 Å². The first kappa shape index (κ1) is 31.6. The lowest BCUT2D eigenvalue weighted by Crippen LogP contribution is -2.37. The molecule has 0 unspecified atom stereocenters. The summed E-state index contributed by atoms with van der Waals surface area (Å²) in [5, 5.41) is 0. The van der Waals surface area contributed by atoms with Gasteiger partial charge in [-0.3, -0.25) is 0 Å². The summed E-state index contributed by atoms with van der Waals surface area (Å²) < 4.78 is 4.99. The summed E-state index contributed by atoms with van der Waals surface area (Å²) >= 11 is 0. The SMILES string of the molecule is CCCCCCCCCCCCCCc1n(-c2ccccc2)cc[n+]1CCCCCCCCCCCC. The molecule has 1 heterocycles. The van der Waals surface area contributed by atoms with E-state index in [9.17, 15) is 0 Å². The molecule has 0 N–H and O–H groups in total. The molecule has 1 aromatic carbocycles. The number of hydrogen-bond acceptors (Lipinski definition) is 0. The van der Waals surface area contributed by atoms with E-state index in [1.165, 1.54) is 166 Å². The van der Waals surface area contributed by atoms with Crippen LogP contribution in [0.3, 0.4) is 0 Å². The minimum atomic E-state index is 1.17. The van der Waals surface area contributed by atoms with E-state index in [2.05, 4.69) is 65.7 Å². The molecule has 0 fully saturated rings. The lowest BCUT2D eigenvalue weighted by Gasteiger charge is -2.07. The minimum Gasteiger partial charge on any atom is -0.234 e. The third-order valence-electron chi connectivity index (χ3n) is 8.05. The topological polar surface area (TPSA) is 8.81 Å². The van der Waals surface area contributed by atoms with E-state index < -0.39 is 0 Å². The van der Waals surface area contributed by atoms with E-state index in [-0.39, 0.29) is 0 Å². The highest BCUT2D eigenvalue weighted by Crippen LogP contribution is 2.16. The molecule has 0 saturated heterocycles. The maximum Gasteiger partial charge on any atom is 0.261 e. The summed E-state index contributed by atoms with van der Waals surface area (Å²) in [5.41, 5.74) is 1.30. The Balaban J connectivity index is 1.66. The highest BCUT2D eigenvalue weighted by Gasteiger charge is 2.18. The molecule has 0 bridgehead atoms. The van der Waals surface area contributed by atoms with Crippen LogP contribution in [0.25, 0.3) is 5.69 Å². The smallest absolute Gasteiger partial charge is 0.234 e. The predicted molar refractivity (Wildman–Crippen MR) is 163 cm³/mol. The zero-order valence-electron chi connectivity index (χ0n) is 24.9. The average molecular weight is 510 g/mol. The molecule has 37 heavy (non-hydrogen) atoms. The van der Waals surface area contributed by atoms with Gasteiger partial charge in [-0.2, -0.15) is 4.57 Å². The first-order valence-electron chi connectivity index (χ1n) is 16.5. The molecular formula is C35H61N2+. The van der Waals surface area contributed by atoms with E-state index in [1.54, 1.807) is 0 Å². The van der Waals surface area contributed by atoms with Crippen molar-refractivity contribution in [1.82, 2.24) is 4.57 Å². The van der Waals surface area contributed by atoms with Gasteiger partial charge in [-0.15, -0.1) is 0 Å². The molecular weight excluding hydrogens is 448 g/mol. The van der Waals surface area contributed by atoms with Crippen molar-refractivity contribution in [2.24, 2.45) is 0 Å². The lowest BCUT2D eigenvalue weighted by molar-refractivity contribution is -0.704. The quantitative estimate of drug-likeness (QED) is 0.0929. The van der Waals surface area contributed by atoms with Crippen molar-refractivity contribution in [1.29, 1.82) is 0 Å². The minimum absolute atomic E-state index is 1.17. The summed E-state index contributed by atoms with van der Waals surface area (Å²) in [6.45, 7) is 5.78. The van der Waals surface area contributed by atoms with Crippen LogP contribution >= 0.6 is 0 Å². The molecule has 0 aliphatic rings. The average Bonchev–Trinajstić information content (AvgIpc) is 3.33. The first-order valence-corrected chi connectivity index (χ1v) is 16.5. The van der Waals surface area contributed by atoms with Gasteiger partial charge in [0.15, 0.2) is 0 Å². The third kappa shape index (κ3) is 14.8. The van der Waals surface area contributed by atoms with Gasteiger partial charge in [-0.05, 0) is 31.4 Å². The van der Waals surface area contributed by atoms with E-state index >= 15 is 0 Å². The molecule has 0 aliphatic heterocycles. The van der Waals surface area contributed by atoms with Crippen molar-refractivity contribution < 1.29 is 4.57 Å². The molecule has 2 nitrogen and oxygen atoms in total. The van der Waals surface area contributed by atoms with Crippen molar-refractivity contribution in [3.63, 3.8) is 0 Å². The molecule has 1 aromatic heterocycles. The summed E-state index contributed by atoms with van der Waals surface area (Å²) in [4.78, 5) is 0. The first-order chi connectivity index (χ1) is 18.4. The maximum atomic E-state index is 2.55. The van der Waals surface area contributed by atoms with Gasteiger partial charge in [0.2, 0.25) is 0 Å². The molecule has 2 rings (SSSR count). The van der Waals surface area contributed by atoms with Crippen LogP contribution < -0.4 is 4.57 Å². The zero-order valence-corrected chi connectivity index (χ0v) is 24.9. The Bertz CT molecular complexity index is 748. The van der Waals surface area contributed by atoms with Crippen LogP contribution in [0.15, 0.2) is 42.7 Å². The van der Waals surface area contributed by atoms with Gasteiger partial charge in [0.25, 0.3) is 5.82 Å². The monoisotopic (exact) mass is 509 g/mol. The van der Waals surface area contributed by atoms with Gasteiger partial charge in [-0.25, -0.2) is 4.57 Å². The molecule has 210 valence electrons. The van der Waals surface area contributed by atoms with Crippen LogP contribution in [0.2, 0.25) is 0 Å². The van der Waals surface area contributed by atoms with E-state index in [4.69, 9.17) is 0 Å². The lowest BCUT2D eigenvalue weighted by atomic mass is 10.0. The second kappa shape index (κ2) is 22.4. The molecule has 2 heteroatoms. The largest absolute Gasteiger partial charge is 0.261 e. The normalized spacial score (nSPS) is 11.4. The van der Waals surface area contributed by atoms with Crippen LogP contribution in [0.5, 0.6) is 0 Å². The number of unbranched alkanes of at least 4 members (excludes halogenated alkanes) is 20. The van der Waals surface area contributed by atoms with E-state index in [1.807, 2.05) is 0 Å². The zero-order chi connectivity index (χ0) is 26.2. The summed E-state index contributed by atoms with van der Waals surface area (Å²) in [6.07, 6.45) is 36.8. The number of aromatic nitrogens is 2.